The summed E-state index contributed by atoms with van der Waals surface area (Å²) >= 11 is 0. The van der Waals surface area contributed by atoms with E-state index >= 15 is 0 Å². The number of hydrogen-bond acceptors (Lipinski definition) is 2. The van der Waals surface area contributed by atoms with Crippen LogP contribution in [-0.2, 0) is 9.84 Å². The molecule has 1 saturated carbocycles. The van der Waals surface area contributed by atoms with Crippen molar-refractivity contribution in [3.8, 4) is 0 Å². The zero-order valence-corrected chi connectivity index (χ0v) is 8.87. The highest BCUT2D eigenvalue weighted by atomic mass is 32.2. The van der Waals surface area contributed by atoms with Crippen LogP contribution < -0.4 is 0 Å². The zero-order valence-electron chi connectivity index (χ0n) is 8.06. The molecule has 0 spiro atoms. The van der Waals surface area contributed by atoms with Crippen molar-refractivity contribution >= 4 is 9.84 Å². The monoisotopic (exact) mass is 230 g/mol. The molecule has 84 valence electrons. The molecular formula is C8H13F3O2S. The number of sulfone groups is 1. The molecule has 1 aliphatic rings. The van der Waals surface area contributed by atoms with Gasteiger partial charge in [0.2, 0.25) is 0 Å². The standard InChI is InChI=1S/C8H13F3O2S/c1-6-5-7(6,2)14(12,13)4-3-8(9,10)11/h6H,3-5H2,1-2H3. The minimum Gasteiger partial charge on any atom is -0.228 e. The van der Waals surface area contributed by atoms with E-state index in [9.17, 15) is 21.6 Å². The zero-order chi connectivity index (χ0) is 11.2. The molecule has 0 radical (unpaired) electrons. The summed E-state index contributed by atoms with van der Waals surface area (Å²) in [6.07, 6.45) is -5.15. The molecule has 2 atom stereocenters. The molecule has 6 heteroatoms. The van der Waals surface area contributed by atoms with Gasteiger partial charge in [-0.1, -0.05) is 6.92 Å². The lowest BCUT2D eigenvalue weighted by Gasteiger charge is -2.12. The molecular weight excluding hydrogens is 217 g/mol. The number of rotatable bonds is 3. The lowest BCUT2D eigenvalue weighted by molar-refractivity contribution is -0.129. The van der Waals surface area contributed by atoms with E-state index in [-0.39, 0.29) is 5.92 Å². The normalized spacial score (nSPS) is 33.1. The molecule has 1 aliphatic carbocycles. The number of hydrogen-bond donors (Lipinski definition) is 0. The van der Waals surface area contributed by atoms with Gasteiger partial charge in [0.1, 0.15) is 0 Å². The van der Waals surface area contributed by atoms with Crippen LogP contribution in [0.15, 0.2) is 0 Å². The molecule has 0 N–H and O–H groups in total. The molecule has 0 aromatic rings. The van der Waals surface area contributed by atoms with Gasteiger partial charge in [-0.25, -0.2) is 8.42 Å². The van der Waals surface area contributed by atoms with Crippen LogP contribution in [0.3, 0.4) is 0 Å². The van der Waals surface area contributed by atoms with Crippen LogP contribution >= 0.6 is 0 Å². The van der Waals surface area contributed by atoms with E-state index in [1.54, 1.807) is 6.92 Å². The Kier molecular flexibility index (Phi) is 2.63. The third kappa shape index (κ3) is 2.21. The highest BCUT2D eigenvalue weighted by Gasteiger charge is 2.57. The van der Waals surface area contributed by atoms with Crippen molar-refractivity contribution in [1.82, 2.24) is 0 Å². The summed E-state index contributed by atoms with van der Waals surface area (Å²) in [6, 6.07) is 0. The SMILES string of the molecule is CC1CC1(C)S(=O)(=O)CCC(F)(F)F. The van der Waals surface area contributed by atoms with E-state index in [4.69, 9.17) is 0 Å². The van der Waals surface area contributed by atoms with Crippen LogP contribution in [0.1, 0.15) is 26.7 Å². The summed E-state index contributed by atoms with van der Waals surface area (Å²) in [5.41, 5.74) is 0. The number of halogens is 3. The maximum atomic E-state index is 11.8. The highest BCUT2D eigenvalue weighted by Crippen LogP contribution is 2.50. The molecule has 0 bridgehead atoms. The van der Waals surface area contributed by atoms with Gasteiger partial charge in [-0.2, -0.15) is 13.2 Å². The second-order valence-electron chi connectivity index (χ2n) is 4.10. The maximum absolute atomic E-state index is 11.8. The Morgan fingerprint density at radius 1 is 1.43 bits per heavy atom. The summed E-state index contributed by atoms with van der Waals surface area (Å²) in [5.74, 6) is -0.794. The van der Waals surface area contributed by atoms with Crippen molar-refractivity contribution in [3.05, 3.63) is 0 Å². The molecule has 0 heterocycles. The smallest absolute Gasteiger partial charge is 0.228 e. The first-order valence-corrected chi connectivity index (χ1v) is 6.03. The molecule has 0 amide bonds. The summed E-state index contributed by atoms with van der Waals surface area (Å²) in [6.45, 7) is 3.26. The van der Waals surface area contributed by atoms with E-state index < -0.39 is 32.9 Å². The molecule has 1 fully saturated rings. The van der Waals surface area contributed by atoms with Gasteiger partial charge in [-0.3, -0.25) is 0 Å². The second kappa shape index (κ2) is 3.12. The predicted octanol–water partition coefficient (Wildman–Crippen LogP) is 2.15. The van der Waals surface area contributed by atoms with Crippen molar-refractivity contribution in [2.45, 2.75) is 37.6 Å². The topological polar surface area (TPSA) is 34.1 Å². The summed E-state index contributed by atoms with van der Waals surface area (Å²) in [5, 5.41) is 0. The van der Waals surface area contributed by atoms with Crippen LogP contribution in [0.2, 0.25) is 0 Å². The molecule has 0 aromatic heterocycles. The maximum Gasteiger partial charge on any atom is 0.390 e. The Labute approximate surface area is 81.4 Å². The largest absolute Gasteiger partial charge is 0.390 e. The van der Waals surface area contributed by atoms with Gasteiger partial charge in [0.25, 0.3) is 0 Å². The first-order valence-electron chi connectivity index (χ1n) is 4.37. The van der Waals surface area contributed by atoms with Crippen LogP contribution in [0.4, 0.5) is 13.2 Å². The Hall–Kier alpha value is -0.260. The van der Waals surface area contributed by atoms with Crippen molar-refractivity contribution in [2.24, 2.45) is 5.92 Å². The van der Waals surface area contributed by atoms with Crippen molar-refractivity contribution in [3.63, 3.8) is 0 Å². The molecule has 0 saturated heterocycles. The van der Waals surface area contributed by atoms with Gasteiger partial charge in [0.15, 0.2) is 9.84 Å². The van der Waals surface area contributed by atoms with Crippen molar-refractivity contribution in [1.29, 1.82) is 0 Å². The van der Waals surface area contributed by atoms with E-state index in [2.05, 4.69) is 0 Å². The lowest BCUT2D eigenvalue weighted by atomic mass is 10.4. The van der Waals surface area contributed by atoms with E-state index in [0.29, 0.717) is 6.42 Å². The van der Waals surface area contributed by atoms with Gasteiger partial charge in [0.05, 0.1) is 16.9 Å². The molecule has 0 aliphatic heterocycles. The molecule has 1 rings (SSSR count). The summed E-state index contributed by atoms with van der Waals surface area (Å²) < 4.78 is 57.5. The third-order valence-corrected chi connectivity index (χ3v) is 5.69. The quantitative estimate of drug-likeness (QED) is 0.744. The van der Waals surface area contributed by atoms with Crippen LogP contribution in [0.25, 0.3) is 0 Å². The average molecular weight is 230 g/mol. The Balaban J connectivity index is 2.61. The summed E-state index contributed by atoms with van der Waals surface area (Å²) in [4.78, 5) is 0. The lowest BCUT2D eigenvalue weighted by Crippen LogP contribution is -2.27. The van der Waals surface area contributed by atoms with E-state index in [1.165, 1.54) is 6.92 Å². The fourth-order valence-electron chi connectivity index (χ4n) is 1.47. The number of alkyl halides is 3. The average Bonchev–Trinajstić information content (AvgIpc) is 2.57. The minimum atomic E-state index is -4.39. The third-order valence-electron chi connectivity index (χ3n) is 2.96. The Morgan fingerprint density at radius 3 is 2.14 bits per heavy atom. The first-order chi connectivity index (χ1) is 6.08. The Bertz CT molecular complexity index is 320. The van der Waals surface area contributed by atoms with Gasteiger partial charge in [-0.15, -0.1) is 0 Å². The van der Waals surface area contributed by atoms with Gasteiger partial charge >= 0.3 is 6.18 Å². The molecule has 2 nitrogen and oxygen atoms in total. The van der Waals surface area contributed by atoms with Crippen molar-refractivity contribution < 1.29 is 21.6 Å². The Morgan fingerprint density at radius 2 is 1.86 bits per heavy atom. The van der Waals surface area contributed by atoms with Gasteiger partial charge in [0, 0.05) is 0 Å². The molecule has 2 unspecified atom stereocenters. The predicted molar refractivity (Wildman–Crippen MR) is 46.6 cm³/mol. The fraction of sp³-hybridized carbons (Fsp3) is 1.00. The summed E-state index contributed by atoms with van der Waals surface area (Å²) in [7, 11) is -3.59. The van der Waals surface area contributed by atoms with Crippen LogP contribution in [-0.4, -0.2) is 25.1 Å². The minimum absolute atomic E-state index is 0.0132. The van der Waals surface area contributed by atoms with E-state index in [0.717, 1.165) is 0 Å². The molecule has 0 aromatic carbocycles. The van der Waals surface area contributed by atoms with Gasteiger partial charge in [-0.05, 0) is 19.3 Å². The van der Waals surface area contributed by atoms with Crippen LogP contribution in [0, 0.1) is 5.92 Å². The van der Waals surface area contributed by atoms with Crippen LogP contribution in [0.5, 0.6) is 0 Å². The first kappa shape index (κ1) is 11.8. The van der Waals surface area contributed by atoms with Gasteiger partial charge < -0.3 is 0 Å². The second-order valence-corrected chi connectivity index (χ2v) is 6.67. The molecule has 14 heavy (non-hydrogen) atoms. The van der Waals surface area contributed by atoms with Crippen molar-refractivity contribution in [2.75, 3.05) is 5.75 Å². The fourth-order valence-corrected chi connectivity index (χ4v) is 3.55. The highest BCUT2D eigenvalue weighted by molar-refractivity contribution is 7.93. The van der Waals surface area contributed by atoms with E-state index in [1.807, 2.05) is 0 Å².